The van der Waals surface area contributed by atoms with E-state index in [0.29, 0.717) is 42.1 Å². The Labute approximate surface area is 166 Å². The minimum atomic E-state index is -0.201. The van der Waals surface area contributed by atoms with E-state index in [9.17, 15) is 9.59 Å². The standard InChI is InChI=1S/C19H26Br2O4/c1-2-11(17(23)25-10-19-7-13(8-19)16(19)21)3-4-14(22)24-9-18-5-12(6-18)15(18)20/h11-13,15-16H,2-10H2,1H3. The van der Waals surface area contributed by atoms with Crippen LogP contribution in [0.5, 0.6) is 0 Å². The first kappa shape index (κ1) is 18.3. The van der Waals surface area contributed by atoms with E-state index in [1.54, 1.807) is 0 Å². The van der Waals surface area contributed by atoms with Crippen molar-refractivity contribution in [3.8, 4) is 0 Å². The molecule has 0 N–H and O–H groups in total. The van der Waals surface area contributed by atoms with Crippen molar-refractivity contribution in [2.45, 2.75) is 61.5 Å². The van der Waals surface area contributed by atoms with Crippen molar-refractivity contribution >= 4 is 43.8 Å². The molecular formula is C19H26Br2O4. The Morgan fingerprint density at radius 2 is 1.52 bits per heavy atom. The summed E-state index contributed by atoms with van der Waals surface area (Å²) in [6, 6.07) is 0. The maximum Gasteiger partial charge on any atom is 0.308 e. The SMILES string of the molecule is CCC(CCC(=O)OCC12CC(C1)C2Br)C(=O)OCC12CC(C1)C2Br. The average Bonchev–Trinajstić information content (AvgIpc) is 2.52. The zero-order valence-electron chi connectivity index (χ0n) is 14.6. The number of hydrogen-bond donors (Lipinski definition) is 0. The van der Waals surface area contributed by atoms with Gasteiger partial charge in [0.2, 0.25) is 0 Å². The summed E-state index contributed by atoms with van der Waals surface area (Å²) >= 11 is 7.35. The Bertz CT molecular complexity index is 566. The molecule has 0 aliphatic heterocycles. The van der Waals surface area contributed by atoms with Gasteiger partial charge in [0.15, 0.2) is 0 Å². The highest BCUT2D eigenvalue weighted by atomic mass is 79.9. The lowest BCUT2D eigenvalue weighted by atomic mass is 9.44. The van der Waals surface area contributed by atoms with Crippen molar-refractivity contribution in [2.24, 2.45) is 28.6 Å². The third kappa shape index (κ3) is 2.90. The molecule has 140 valence electrons. The molecule has 6 aliphatic carbocycles. The molecule has 0 spiro atoms. The fourth-order valence-corrected chi connectivity index (χ4v) is 6.76. The quantitative estimate of drug-likeness (QED) is 0.368. The Morgan fingerprint density at radius 3 is 1.92 bits per heavy atom. The van der Waals surface area contributed by atoms with Crippen LogP contribution in [0.4, 0.5) is 0 Å². The summed E-state index contributed by atoms with van der Waals surface area (Å²) in [7, 11) is 0. The summed E-state index contributed by atoms with van der Waals surface area (Å²) in [5, 5.41) is 0. The number of rotatable bonds is 9. The molecule has 4 nitrogen and oxygen atoms in total. The van der Waals surface area contributed by atoms with Gasteiger partial charge in [-0.1, -0.05) is 38.8 Å². The fourth-order valence-electron chi connectivity index (χ4n) is 5.00. The van der Waals surface area contributed by atoms with E-state index in [1.165, 1.54) is 25.7 Å². The molecule has 6 heteroatoms. The van der Waals surface area contributed by atoms with E-state index in [-0.39, 0.29) is 28.7 Å². The lowest BCUT2D eigenvalue weighted by Crippen LogP contribution is -2.65. The van der Waals surface area contributed by atoms with Gasteiger partial charge in [-0.2, -0.15) is 0 Å². The van der Waals surface area contributed by atoms with Crippen LogP contribution in [-0.2, 0) is 19.1 Å². The summed E-state index contributed by atoms with van der Waals surface area (Å²) in [6.07, 6.45) is 6.24. The summed E-state index contributed by atoms with van der Waals surface area (Å²) in [5.41, 5.74) is 0.408. The predicted molar refractivity (Wildman–Crippen MR) is 101 cm³/mol. The number of ether oxygens (including phenoxy) is 2. The van der Waals surface area contributed by atoms with Gasteiger partial charge in [-0.25, -0.2) is 0 Å². The third-order valence-electron chi connectivity index (χ3n) is 7.22. The van der Waals surface area contributed by atoms with Gasteiger partial charge in [-0.05, 0) is 50.4 Å². The van der Waals surface area contributed by atoms with Crippen molar-refractivity contribution in [3.63, 3.8) is 0 Å². The van der Waals surface area contributed by atoms with Crippen LogP contribution in [0.25, 0.3) is 0 Å². The molecule has 6 fully saturated rings. The van der Waals surface area contributed by atoms with Crippen LogP contribution in [0.2, 0.25) is 0 Å². The Balaban J connectivity index is 1.15. The molecule has 0 aromatic heterocycles. The second kappa shape index (κ2) is 6.50. The smallest absolute Gasteiger partial charge is 0.308 e. The molecule has 0 aromatic rings. The number of carbonyl (C=O) groups is 2. The molecular weight excluding hydrogens is 452 g/mol. The highest BCUT2D eigenvalue weighted by Gasteiger charge is 2.65. The number of alkyl halides is 2. The Kier molecular flexibility index (Phi) is 4.75. The summed E-state index contributed by atoms with van der Waals surface area (Å²) in [4.78, 5) is 25.4. The lowest BCUT2D eigenvalue weighted by Gasteiger charge is -2.65. The molecule has 6 saturated carbocycles. The van der Waals surface area contributed by atoms with Gasteiger partial charge in [-0.15, -0.1) is 0 Å². The van der Waals surface area contributed by atoms with E-state index in [1.807, 2.05) is 6.92 Å². The van der Waals surface area contributed by atoms with Gasteiger partial charge in [0, 0.05) is 26.9 Å². The Morgan fingerprint density at radius 1 is 1.00 bits per heavy atom. The molecule has 3 unspecified atom stereocenters. The molecule has 6 rings (SSSR count). The number of hydrogen-bond acceptors (Lipinski definition) is 4. The normalized spacial score (nSPS) is 43.6. The summed E-state index contributed by atoms with van der Waals surface area (Å²) in [5.74, 6) is 1.04. The molecule has 25 heavy (non-hydrogen) atoms. The zero-order valence-corrected chi connectivity index (χ0v) is 17.8. The topological polar surface area (TPSA) is 52.6 Å². The van der Waals surface area contributed by atoms with Crippen molar-refractivity contribution < 1.29 is 19.1 Å². The van der Waals surface area contributed by atoms with Crippen LogP contribution in [0.1, 0.15) is 51.9 Å². The summed E-state index contributed by atoms with van der Waals surface area (Å²) in [6.45, 7) is 3.02. The van der Waals surface area contributed by atoms with Crippen molar-refractivity contribution in [3.05, 3.63) is 0 Å². The van der Waals surface area contributed by atoms with Crippen LogP contribution in [-0.4, -0.2) is 34.8 Å². The zero-order chi connectivity index (χ0) is 17.8. The van der Waals surface area contributed by atoms with Crippen LogP contribution >= 0.6 is 31.9 Å². The van der Waals surface area contributed by atoms with Crippen molar-refractivity contribution in [1.29, 1.82) is 0 Å². The second-order valence-corrected chi connectivity index (χ2v) is 10.8. The number of esters is 2. The number of halogens is 2. The van der Waals surface area contributed by atoms with Crippen LogP contribution < -0.4 is 0 Å². The van der Waals surface area contributed by atoms with E-state index in [0.717, 1.165) is 11.8 Å². The monoisotopic (exact) mass is 476 g/mol. The Hall–Kier alpha value is -0.100. The van der Waals surface area contributed by atoms with Crippen molar-refractivity contribution in [1.82, 2.24) is 0 Å². The lowest BCUT2D eigenvalue weighted by molar-refractivity contribution is -0.174. The van der Waals surface area contributed by atoms with E-state index in [2.05, 4.69) is 31.9 Å². The maximum absolute atomic E-state index is 12.3. The predicted octanol–water partition coefficient (Wildman–Crippen LogP) is 4.23. The molecule has 0 aromatic carbocycles. The molecule has 4 bridgehead atoms. The first-order valence-corrected chi connectivity index (χ1v) is 11.3. The van der Waals surface area contributed by atoms with E-state index < -0.39 is 0 Å². The van der Waals surface area contributed by atoms with Gasteiger partial charge in [0.1, 0.15) is 0 Å². The highest BCUT2D eigenvalue weighted by molar-refractivity contribution is 9.09. The molecule has 0 heterocycles. The van der Waals surface area contributed by atoms with E-state index in [4.69, 9.17) is 9.47 Å². The van der Waals surface area contributed by atoms with Crippen LogP contribution in [0, 0.1) is 28.6 Å². The maximum atomic E-state index is 12.3. The van der Waals surface area contributed by atoms with Gasteiger partial charge in [-0.3, -0.25) is 9.59 Å². The average molecular weight is 478 g/mol. The number of carbonyl (C=O) groups excluding carboxylic acids is 2. The van der Waals surface area contributed by atoms with E-state index >= 15 is 0 Å². The minimum absolute atomic E-state index is 0.153. The largest absolute Gasteiger partial charge is 0.465 e. The second-order valence-electron chi connectivity index (χ2n) is 8.78. The summed E-state index contributed by atoms with van der Waals surface area (Å²) < 4.78 is 11.0. The van der Waals surface area contributed by atoms with Gasteiger partial charge in [0.25, 0.3) is 0 Å². The first-order chi connectivity index (χ1) is 11.9. The minimum Gasteiger partial charge on any atom is -0.465 e. The molecule has 3 atom stereocenters. The molecule has 0 radical (unpaired) electrons. The molecule has 6 aliphatic rings. The molecule has 0 saturated heterocycles. The van der Waals surface area contributed by atoms with Crippen LogP contribution in [0.15, 0.2) is 0 Å². The first-order valence-electron chi connectivity index (χ1n) is 9.49. The van der Waals surface area contributed by atoms with Gasteiger partial charge >= 0.3 is 11.9 Å². The fraction of sp³-hybridized carbons (Fsp3) is 0.895. The van der Waals surface area contributed by atoms with Gasteiger partial charge < -0.3 is 9.47 Å². The highest BCUT2D eigenvalue weighted by Crippen LogP contribution is 2.68. The molecule has 0 amide bonds. The van der Waals surface area contributed by atoms with Crippen molar-refractivity contribution in [2.75, 3.05) is 13.2 Å². The van der Waals surface area contributed by atoms with Crippen LogP contribution in [0.3, 0.4) is 0 Å². The van der Waals surface area contributed by atoms with Gasteiger partial charge in [0.05, 0.1) is 19.1 Å². The third-order valence-corrected chi connectivity index (χ3v) is 10.7.